The van der Waals surface area contributed by atoms with Crippen LogP contribution in [0.3, 0.4) is 0 Å². The lowest BCUT2D eigenvalue weighted by Gasteiger charge is -2.23. The maximum absolute atomic E-state index is 14.2. The quantitative estimate of drug-likeness (QED) is 0.663. The third-order valence-electron chi connectivity index (χ3n) is 4.79. The summed E-state index contributed by atoms with van der Waals surface area (Å²) in [5.41, 5.74) is 6.58. The van der Waals surface area contributed by atoms with Crippen LogP contribution in [0.15, 0.2) is 36.5 Å². The summed E-state index contributed by atoms with van der Waals surface area (Å²) in [4.78, 5) is 4.42. The molecule has 2 aromatic carbocycles. The van der Waals surface area contributed by atoms with Crippen LogP contribution in [-0.2, 0) is 0 Å². The van der Waals surface area contributed by atoms with E-state index in [1.54, 1.807) is 18.3 Å². The van der Waals surface area contributed by atoms with Crippen molar-refractivity contribution >= 4 is 16.6 Å². The van der Waals surface area contributed by atoms with Crippen LogP contribution >= 0.6 is 0 Å². The van der Waals surface area contributed by atoms with E-state index in [0.717, 1.165) is 0 Å². The molecule has 0 saturated heterocycles. The highest BCUT2D eigenvalue weighted by Gasteiger charge is 2.27. The molecule has 2 heterocycles. The van der Waals surface area contributed by atoms with Gasteiger partial charge in [-0.1, -0.05) is 0 Å². The Kier molecular flexibility index (Phi) is 4.07. The van der Waals surface area contributed by atoms with Gasteiger partial charge in [0.1, 0.15) is 19.0 Å². The number of ether oxygens (including phenoxy) is 4. The highest BCUT2D eigenvalue weighted by Crippen LogP contribution is 2.49. The summed E-state index contributed by atoms with van der Waals surface area (Å²) in [5.74, 6) is 2.21. The first-order valence-corrected chi connectivity index (χ1v) is 9.26. The largest absolute Gasteiger partial charge is 0.489 e. The molecular formula is C21H19FN2O4. The Bertz CT molecular complexity index is 1050. The topological polar surface area (TPSA) is 75.8 Å². The van der Waals surface area contributed by atoms with Crippen molar-refractivity contribution in [1.29, 1.82) is 0 Å². The minimum absolute atomic E-state index is 0.0706. The molecule has 0 unspecified atom stereocenters. The Labute approximate surface area is 161 Å². The van der Waals surface area contributed by atoms with Gasteiger partial charge in [-0.15, -0.1) is 0 Å². The minimum atomic E-state index is -0.541. The molecule has 2 N–H and O–H groups in total. The lowest BCUT2D eigenvalue weighted by Crippen LogP contribution is -2.17. The minimum Gasteiger partial charge on any atom is -0.489 e. The van der Waals surface area contributed by atoms with Crippen molar-refractivity contribution < 1.29 is 23.3 Å². The molecule has 3 aromatic rings. The molecule has 0 radical (unpaired) electrons. The molecule has 144 valence electrons. The summed E-state index contributed by atoms with van der Waals surface area (Å²) >= 11 is 0. The first-order valence-electron chi connectivity index (χ1n) is 9.26. The van der Waals surface area contributed by atoms with Gasteiger partial charge in [0, 0.05) is 24.0 Å². The molecule has 2 aliphatic rings. The van der Waals surface area contributed by atoms with Crippen molar-refractivity contribution in [2.75, 3.05) is 25.6 Å². The van der Waals surface area contributed by atoms with Crippen molar-refractivity contribution in [3.8, 4) is 28.7 Å². The molecule has 1 aliphatic heterocycles. The van der Waals surface area contributed by atoms with Gasteiger partial charge in [0.05, 0.1) is 17.5 Å². The molecule has 1 aromatic heterocycles. The van der Waals surface area contributed by atoms with Gasteiger partial charge in [-0.3, -0.25) is 4.98 Å². The molecule has 0 atom stereocenters. The predicted octanol–water partition coefficient (Wildman–Crippen LogP) is 4.31. The molecule has 28 heavy (non-hydrogen) atoms. The van der Waals surface area contributed by atoms with Gasteiger partial charge in [0.25, 0.3) is 0 Å². The monoisotopic (exact) mass is 382 g/mol. The van der Waals surface area contributed by atoms with Gasteiger partial charge in [0.15, 0.2) is 23.1 Å². The van der Waals surface area contributed by atoms with Crippen molar-refractivity contribution in [3.63, 3.8) is 0 Å². The zero-order valence-electron chi connectivity index (χ0n) is 15.1. The second-order valence-corrected chi connectivity index (χ2v) is 6.98. The van der Waals surface area contributed by atoms with E-state index in [1.165, 1.54) is 25.0 Å². The Morgan fingerprint density at radius 1 is 1.04 bits per heavy atom. The van der Waals surface area contributed by atoms with Crippen LogP contribution in [0.5, 0.6) is 28.7 Å². The number of rotatable bonds is 5. The Hall–Kier alpha value is -3.22. The van der Waals surface area contributed by atoms with E-state index in [1.807, 2.05) is 6.07 Å². The van der Waals surface area contributed by atoms with E-state index in [0.29, 0.717) is 65.3 Å². The van der Waals surface area contributed by atoms with Gasteiger partial charge in [-0.05, 0) is 37.0 Å². The second kappa shape index (κ2) is 6.74. The number of benzene rings is 2. The summed E-state index contributed by atoms with van der Waals surface area (Å²) in [6.07, 6.45) is 3.99. The Balaban J connectivity index is 1.60. The van der Waals surface area contributed by atoms with Crippen LogP contribution < -0.4 is 24.7 Å². The first-order chi connectivity index (χ1) is 13.7. The third kappa shape index (κ3) is 3.13. The summed E-state index contributed by atoms with van der Waals surface area (Å²) < 4.78 is 37.8. The van der Waals surface area contributed by atoms with Crippen LogP contribution in [0.25, 0.3) is 10.9 Å². The zero-order chi connectivity index (χ0) is 19.1. The summed E-state index contributed by atoms with van der Waals surface area (Å²) in [7, 11) is 0. The average molecular weight is 382 g/mol. The first kappa shape index (κ1) is 16.9. The Morgan fingerprint density at radius 2 is 1.86 bits per heavy atom. The highest BCUT2D eigenvalue weighted by molar-refractivity contribution is 5.95. The molecule has 1 fully saturated rings. The summed E-state index contributed by atoms with van der Waals surface area (Å²) in [6.45, 7) is 1.48. The zero-order valence-corrected chi connectivity index (χ0v) is 15.1. The number of fused-ring (bicyclic) bond motifs is 3. The number of nitrogens with zero attached hydrogens (tertiary/aromatic N) is 1. The molecule has 1 saturated carbocycles. The van der Waals surface area contributed by atoms with E-state index in [9.17, 15) is 4.39 Å². The maximum atomic E-state index is 14.2. The van der Waals surface area contributed by atoms with E-state index >= 15 is 0 Å². The number of hydrogen-bond donors (Lipinski definition) is 1. The van der Waals surface area contributed by atoms with Gasteiger partial charge in [-0.25, -0.2) is 4.39 Å². The maximum Gasteiger partial charge on any atom is 0.204 e. The Morgan fingerprint density at radius 3 is 2.64 bits per heavy atom. The van der Waals surface area contributed by atoms with E-state index in [4.69, 9.17) is 24.7 Å². The normalized spacial score (nSPS) is 15.5. The standard InChI is InChI=1S/C21H19FN2O4/c22-14-9-13(23)3-4-16(14)28-17-5-6-24-15-10-18(27-11-12-1-2-12)20-21(19(15)17)26-8-7-25-20/h3-6,9-10,12H,1-2,7-8,11,23H2. The fraction of sp³-hybridized carbons (Fsp3) is 0.286. The van der Waals surface area contributed by atoms with Crippen LogP contribution in [0.4, 0.5) is 10.1 Å². The number of nitrogen functional groups attached to an aromatic ring is 1. The lowest BCUT2D eigenvalue weighted by atomic mass is 10.1. The number of aromatic nitrogens is 1. The molecule has 0 amide bonds. The van der Waals surface area contributed by atoms with E-state index in [2.05, 4.69) is 4.98 Å². The fourth-order valence-electron chi connectivity index (χ4n) is 3.18. The molecular weight excluding hydrogens is 363 g/mol. The van der Waals surface area contributed by atoms with Gasteiger partial charge in [-0.2, -0.15) is 0 Å². The molecule has 0 bridgehead atoms. The second-order valence-electron chi connectivity index (χ2n) is 6.98. The van der Waals surface area contributed by atoms with Crippen molar-refractivity contribution in [3.05, 3.63) is 42.3 Å². The van der Waals surface area contributed by atoms with Crippen LogP contribution in [0.2, 0.25) is 0 Å². The van der Waals surface area contributed by atoms with Crippen molar-refractivity contribution in [2.45, 2.75) is 12.8 Å². The summed E-state index contributed by atoms with van der Waals surface area (Å²) in [6, 6.07) is 7.78. The van der Waals surface area contributed by atoms with Gasteiger partial charge in [0.2, 0.25) is 5.75 Å². The lowest BCUT2D eigenvalue weighted by molar-refractivity contribution is 0.163. The molecule has 0 spiro atoms. The fourth-order valence-corrected chi connectivity index (χ4v) is 3.18. The SMILES string of the molecule is Nc1ccc(Oc2ccnc3cc(OCC4CC4)c4c(c23)OCCO4)c(F)c1. The van der Waals surface area contributed by atoms with Crippen LogP contribution in [0.1, 0.15) is 12.8 Å². The highest BCUT2D eigenvalue weighted by atomic mass is 19.1. The molecule has 1 aliphatic carbocycles. The summed E-state index contributed by atoms with van der Waals surface area (Å²) in [5, 5.41) is 0.618. The van der Waals surface area contributed by atoms with Gasteiger partial charge >= 0.3 is 0 Å². The van der Waals surface area contributed by atoms with E-state index < -0.39 is 5.82 Å². The molecule has 6 nitrogen and oxygen atoms in total. The van der Waals surface area contributed by atoms with Crippen molar-refractivity contribution in [2.24, 2.45) is 5.92 Å². The number of anilines is 1. The third-order valence-corrected chi connectivity index (χ3v) is 4.79. The number of hydrogen-bond acceptors (Lipinski definition) is 6. The van der Waals surface area contributed by atoms with Gasteiger partial charge < -0.3 is 24.7 Å². The average Bonchev–Trinajstić information content (AvgIpc) is 3.53. The number of halogens is 1. The molecule has 5 rings (SSSR count). The molecule has 7 heteroatoms. The van der Waals surface area contributed by atoms with Crippen molar-refractivity contribution in [1.82, 2.24) is 4.98 Å². The van der Waals surface area contributed by atoms with Crippen LogP contribution in [0, 0.1) is 11.7 Å². The smallest absolute Gasteiger partial charge is 0.204 e. The number of nitrogens with two attached hydrogens (primary N) is 1. The van der Waals surface area contributed by atoms with Crippen LogP contribution in [-0.4, -0.2) is 24.8 Å². The predicted molar refractivity (Wildman–Crippen MR) is 102 cm³/mol. The number of pyridine rings is 1. The van der Waals surface area contributed by atoms with E-state index in [-0.39, 0.29) is 5.75 Å².